The highest BCUT2D eigenvalue weighted by Gasteiger charge is 2.36. The summed E-state index contributed by atoms with van der Waals surface area (Å²) >= 11 is 0. The number of hydrogen-bond donors (Lipinski definition) is 2. The van der Waals surface area contributed by atoms with Gasteiger partial charge in [0.05, 0.1) is 13.2 Å². The SMILES string of the molecule is COc1nc(NC2CCN(C(C)=O)CC2)cc(C(=O)N2CCC(N3CCc4ccccc4C3)[C@@H](O)C2)n1. The van der Waals surface area contributed by atoms with E-state index in [1.807, 2.05) is 4.90 Å². The van der Waals surface area contributed by atoms with Crippen LogP contribution < -0.4 is 10.1 Å². The smallest absolute Gasteiger partial charge is 0.318 e. The molecule has 10 nitrogen and oxygen atoms in total. The molecule has 1 unspecified atom stereocenters. The fourth-order valence-corrected chi connectivity index (χ4v) is 5.74. The first-order valence-electron chi connectivity index (χ1n) is 13.1. The molecule has 0 spiro atoms. The normalized spacial score (nSPS) is 22.9. The monoisotopic (exact) mass is 508 g/mol. The zero-order valence-electron chi connectivity index (χ0n) is 21.6. The minimum Gasteiger partial charge on any atom is -0.467 e. The first-order chi connectivity index (χ1) is 17.9. The molecule has 0 aliphatic carbocycles. The predicted octanol–water partition coefficient (Wildman–Crippen LogP) is 1.54. The fraction of sp³-hybridized carbons (Fsp3) is 0.556. The first-order valence-corrected chi connectivity index (χ1v) is 13.1. The quantitative estimate of drug-likeness (QED) is 0.626. The van der Waals surface area contributed by atoms with Crippen molar-refractivity contribution in [2.45, 2.75) is 57.3 Å². The molecular formula is C27H36N6O4. The predicted molar refractivity (Wildman–Crippen MR) is 138 cm³/mol. The average Bonchev–Trinajstić information content (AvgIpc) is 2.92. The Bertz CT molecular complexity index is 1140. The van der Waals surface area contributed by atoms with E-state index in [1.165, 1.54) is 18.2 Å². The number of benzene rings is 1. The second-order valence-corrected chi connectivity index (χ2v) is 10.2. The third-order valence-electron chi connectivity index (χ3n) is 7.86. The van der Waals surface area contributed by atoms with E-state index >= 15 is 0 Å². The summed E-state index contributed by atoms with van der Waals surface area (Å²) in [6.45, 7) is 5.53. The van der Waals surface area contributed by atoms with Gasteiger partial charge in [0.2, 0.25) is 5.91 Å². The molecule has 2 atom stereocenters. The maximum Gasteiger partial charge on any atom is 0.318 e. The highest BCUT2D eigenvalue weighted by atomic mass is 16.5. The minimum atomic E-state index is -0.629. The van der Waals surface area contributed by atoms with Gasteiger partial charge >= 0.3 is 6.01 Å². The third kappa shape index (κ3) is 5.70. The van der Waals surface area contributed by atoms with E-state index in [0.717, 1.165) is 32.4 Å². The van der Waals surface area contributed by atoms with Crippen LogP contribution in [-0.4, -0.2) is 99.6 Å². The van der Waals surface area contributed by atoms with Crippen LogP contribution in [0.2, 0.25) is 0 Å². The van der Waals surface area contributed by atoms with Gasteiger partial charge in [0.25, 0.3) is 5.91 Å². The van der Waals surface area contributed by atoms with Gasteiger partial charge in [0.15, 0.2) is 0 Å². The van der Waals surface area contributed by atoms with Gasteiger partial charge in [0, 0.05) is 64.3 Å². The molecule has 2 N–H and O–H groups in total. The number of likely N-dealkylation sites (tertiary alicyclic amines) is 2. The Morgan fingerprint density at radius 2 is 1.76 bits per heavy atom. The van der Waals surface area contributed by atoms with E-state index in [1.54, 1.807) is 17.9 Å². The molecule has 4 heterocycles. The zero-order chi connectivity index (χ0) is 25.9. The summed E-state index contributed by atoms with van der Waals surface area (Å²) in [7, 11) is 1.48. The molecule has 0 bridgehead atoms. The van der Waals surface area contributed by atoms with Gasteiger partial charge in [0.1, 0.15) is 11.5 Å². The van der Waals surface area contributed by atoms with E-state index in [4.69, 9.17) is 4.74 Å². The lowest BCUT2D eigenvalue weighted by Crippen LogP contribution is -2.56. The van der Waals surface area contributed by atoms with Gasteiger partial charge in [-0.25, -0.2) is 0 Å². The molecule has 0 radical (unpaired) electrons. The number of aromatic nitrogens is 2. The topological polar surface area (TPSA) is 111 Å². The molecular weight excluding hydrogens is 472 g/mol. The van der Waals surface area contributed by atoms with Gasteiger partial charge < -0.3 is 25.0 Å². The number of piperidine rings is 2. The Kier molecular flexibility index (Phi) is 7.57. The van der Waals surface area contributed by atoms with Crippen molar-refractivity contribution >= 4 is 17.6 Å². The summed E-state index contributed by atoms with van der Waals surface area (Å²) in [4.78, 5) is 39.6. The Morgan fingerprint density at radius 1 is 1.03 bits per heavy atom. The van der Waals surface area contributed by atoms with Crippen LogP contribution in [0, 0.1) is 0 Å². The molecule has 1 aromatic carbocycles. The van der Waals surface area contributed by atoms with Crippen molar-refractivity contribution in [3.05, 3.63) is 47.2 Å². The molecule has 10 heteroatoms. The standard InChI is InChI=1S/C27H36N6O4/c1-18(34)31-12-8-21(9-13-31)28-25-15-22(29-27(30-25)37-2)26(36)33-14-10-23(24(35)17-33)32-11-7-19-5-3-4-6-20(19)16-32/h3-6,15,21,23-24,35H,7-14,16-17H2,1-2H3,(H,28,29,30)/t23?,24-/m0/s1. The van der Waals surface area contributed by atoms with E-state index in [2.05, 4.69) is 44.5 Å². The number of nitrogens with one attached hydrogen (secondary N) is 1. The summed E-state index contributed by atoms with van der Waals surface area (Å²) in [6.07, 6.45) is 2.66. The molecule has 2 fully saturated rings. The molecule has 0 saturated carbocycles. The molecule has 37 heavy (non-hydrogen) atoms. The summed E-state index contributed by atoms with van der Waals surface area (Å²) in [5.74, 6) is 0.377. The third-order valence-corrected chi connectivity index (χ3v) is 7.86. The lowest BCUT2D eigenvalue weighted by atomic mass is 9.94. The van der Waals surface area contributed by atoms with Crippen LogP contribution in [0.15, 0.2) is 30.3 Å². The summed E-state index contributed by atoms with van der Waals surface area (Å²) in [5.41, 5.74) is 2.94. The van der Waals surface area contributed by atoms with Crippen molar-refractivity contribution in [2.75, 3.05) is 45.2 Å². The van der Waals surface area contributed by atoms with Crippen LogP contribution in [0.5, 0.6) is 6.01 Å². The number of carbonyl (C=O) groups is 2. The van der Waals surface area contributed by atoms with Gasteiger partial charge in [-0.15, -0.1) is 0 Å². The van der Waals surface area contributed by atoms with Crippen LogP contribution in [0.3, 0.4) is 0 Å². The lowest BCUT2D eigenvalue weighted by molar-refractivity contribution is -0.129. The maximum absolute atomic E-state index is 13.4. The molecule has 3 aliphatic heterocycles. The number of hydrogen-bond acceptors (Lipinski definition) is 8. The van der Waals surface area contributed by atoms with Gasteiger partial charge in [-0.2, -0.15) is 9.97 Å². The van der Waals surface area contributed by atoms with Gasteiger partial charge in [-0.1, -0.05) is 24.3 Å². The fourth-order valence-electron chi connectivity index (χ4n) is 5.74. The number of rotatable bonds is 5. The number of fused-ring (bicyclic) bond motifs is 1. The molecule has 2 aromatic rings. The number of methoxy groups -OCH3 is 1. The van der Waals surface area contributed by atoms with Gasteiger partial charge in [-0.05, 0) is 36.8 Å². The van der Waals surface area contributed by atoms with Crippen LogP contribution in [0.1, 0.15) is 47.8 Å². The summed E-state index contributed by atoms with van der Waals surface area (Å²) in [6, 6.07) is 10.4. The van der Waals surface area contributed by atoms with E-state index in [0.29, 0.717) is 31.9 Å². The van der Waals surface area contributed by atoms with Crippen LogP contribution in [0.25, 0.3) is 0 Å². The van der Waals surface area contributed by atoms with Crippen molar-refractivity contribution < 1.29 is 19.4 Å². The number of aliphatic hydroxyl groups excluding tert-OH is 1. The number of β-amino-alcohol motifs (C(OH)–C–C–N with tert-alkyl or cyclic N) is 1. The highest BCUT2D eigenvalue weighted by Crippen LogP contribution is 2.26. The molecule has 5 rings (SSSR count). The Hall–Kier alpha value is -3.24. The maximum atomic E-state index is 13.4. The number of anilines is 1. The van der Waals surface area contributed by atoms with Crippen LogP contribution >= 0.6 is 0 Å². The molecule has 3 aliphatic rings. The zero-order valence-corrected chi connectivity index (χ0v) is 21.6. The van der Waals surface area contributed by atoms with Crippen molar-refractivity contribution in [2.24, 2.45) is 0 Å². The van der Waals surface area contributed by atoms with Crippen LogP contribution in [0.4, 0.5) is 5.82 Å². The number of nitrogens with zero attached hydrogens (tertiary/aromatic N) is 5. The summed E-state index contributed by atoms with van der Waals surface area (Å²) in [5, 5.41) is 14.4. The Labute approximate surface area is 217 Å². The Balaban J connectivity index is 1.22. The summed E-state index contributed by atoms with van der Waals surface area (Å²) < 4.78 is 5.28. The molecule has 2 saturated heterocycles. The van der Waals surface area contributed by atoms with Crippen molar-refractivity contribution in [1.82, 2.24) is 24.7 Å². The molecule has 2 amide bonds. The van der Waals surface area contributed by atoms with E-state index < -0.39 is 6.10 Å². The first kappa shape index (κ1) is 25.4. The lowest BCUT2D eigenvalue weighted by Gasteiger charge is -2.43. The van der Waals surface area contributed by atoms with Crippen molar-refractivity contribution in [3.63, 3.8) is 0 Å². The van der Waals surface area contributed by atoms with E-state index in [9.17, 15) is 14.7 Å². The van der Waals surface area contributed by atoms with Crippen LogP contribution in [-0.2, 0) is 17.8 Å². The average molecular weight is 509 g/mol. The van der Waals surface area contributed by atoms with Crippen molar-refractivity contribution in [1.29, 1.82) is 0 Å². The second kappa shape index (κ2) is 11.0. The number of amides is 2. The van der Waals surface area contributed by atoms with E-state index in [-0.39, 0.29) is 42.1 Å². The number of aliphatic hydroxyl groups is 1. The number of carbonyl (C=O) groups excluding carboxylic acids is 2. The minimum absolute atomic E-state index is 0.0236. The largest absolute Gasteiger partial charge is 0.467 e. The Morgan fingerprint density at radius 3 is 2.46 bits per heavy atom. The molecule has 198 valence electrons. The number of ether oxygens (including phenoxy) is 1. The molecule has 1 aromatic heterocycles. The second-order valence-electron chi connectivity index (χ2n) is 10.2. The van der Waals surface area contributed by atoms with Crippen molar-refractivity contribution in [3.8, 4) is 6.01 Å². The highest BCUT2D eigenvalue weighted by molar-refractivity contribution is 5.93. The van der Waals surface area contributed by atoms with Gasteiger partial charge in [-0.3, -0.25) is 14.5 Å².